The summed E-state index contributed by atoms with van der Waals surface area (Å²) in [7, 11) is 0. The van der Waals surface area contributed by atoms with Gasteiger partial charge in [-0.05, 0) is 50.5 Å². The third-order valence-corrected chi connectivity index (χ3v) is 4.04. The number of hydrogen-bond acceptors (Lipinski definition) is 6. The Labute approximate surface area is 144 Å². The number of carbonyl (C=O) groups is 1. The van der Waals surface area contributed by atoms with E-state index >= 15 is 0 Å². The van der Waals surface area contributed by atoms with Crippen molar-refractivity contribution in [2.24, 2.45) is 0 Å². The van der Waals surface area contributed by atoms with Gasteiger partial charge in [-0.3, -0.25) is 0 Å². The van der Waals surface area contributed by atoms with Crippen molar-refractivity contribution in [1.29, 1.82) is 0 Å². The number of rotatable bonds is 4. The summed E-state index contributed by atoms with van der Waals surface area (Å²) in [5.41, 5.74) is 3.70. The molecule has 0 fully saturated rings. The van der Waals surface area contributed by atoms with Crippen LogP contribution in [0.3, 0.4) is 0 Å². The van der Waals surface area contributed by atoms with Gasteiger partial charge in [-0.25, -0.2) is 14.3 Å². The Hall–Kier alpha value is -2.96. The minimum Gasteiger partial charge on any atom is -0.461 e. The van der Waals surface area contributed by atoms with E-state index in [1.807, 2.05) is 26.0 Å². The number of aromatic nitrogens is 3. The van der Waals surface area contributed by atoms with Crippen LogP contribution in [0.25, 0.3) is 11.0 Å². The van der Waals surface area contributed by atoms with E-state index in [0.717, 1.165) is 22.1 Å². The molecule has 0 bridgehead atoms. The summed E-state index contributed by atoms with van der Waals surface area (Å²) in [6, 6.07) is 5.32. The van der Waals surface area contributed by atoms with Gasteiger partial charge in [0.05, 0.1) is 18.8 Å². The van der Waals surface area contributed by atoms with Gasteiger partial charge in [-0.15, -0.1) is 5.10 Å². The third-order valence-electron chi connectivity index (χ3n) is 4.04. The van der Waals surface area contributed by atoms with Gasteiger partial charge in [0.25, 0.3) is 0 Å². The molecule has 3 rings (SSSR count). The Morgan fingerprint density at radius 3 is 2.72 bits per heavy atom. The summed E-state index contributed by atoms with van der Waals surface area (Å²) in [4.78, 5) is 23.8. The molecule has 25 heavy (non-hydrogen) atoms. The molecule has 0 saturated heterocycles. The van der Waals surface area contributed by atoms with Crippen LogP contribution in [0.1, 0.15) is 39.8 Å². The van der Waals surface area contributed by atoms with E-state index in [4.69, 9.17) is 9.15 Å². The van der Waals surface area contributed by atoms with Gasteiger partial charge >= 0.3 is 11.6 Å². The number of esters is 1. The first-order valence-corrected chi connectivity index (χ1v) is 8.02. The topological polar surface area (TPSA) is 87.2 Å². The van der Waals surface area contributed by atoms with Crippen molar-refractivity contribution in [3.05, 3.63) is 56.7 Å². The molecule has 0 aliphatic carbocycles. The monoisotopic (exact) mass is 341 g/mol. The predicted octanol–water partition coefficient (Wildman–Crippen LogP) is 2.53. The molecule has 7 heteroatoms. The Balaban J connectivity index is 2.07. The minimum absolute atomic E-state index is 0.182. The maximum Gasteiger partial charge on any atom is 0.360 e. The second-order valence-electron chi connectivity index (χ2n) is 5.95. The Morgan fingerprint density at radius 1 is 1.24 bits per heavy atom. The fraction of sp³-hybridized carbons (Fsp3) is 0.333. The number of aryl methyl sites for hydroxylation is 2. The van der Waals surface area contributed by atoms with E-state index in [9.17, 15) is 9.59 Å². The third kappa shape index (κ3) is 3.17. The highest BCUT2D eigenvalue weighted by atomic mass is 16.5. The molecule has 0 amide bonds. The molecule has 1 aromatic carbocycles. The normalized spacial score (nSPS) is 11.0. The zero-order chi connectivity index (χ0) is 18.1. The Kier molecular flexibility index (Phi) is 4.39. The quantitative estimate of drug-likeness (QED) is 0.535. The first-order chi connectivity index (χ1) is 11.9. The molecule has 3 aromatic rings. The van der Waals surface area contributed by atoms with Crippen LogP contribution in [0.2, 0.25) is 0 Å². The van der Waals surface area contributed by atoms with Gasteiger partial charge < -0.3 is 9.15 Å². The van der Waals surface area contributed by atoms with Gasteiger partial charge in [0.2, 0.25) is 0 Å². The standard InChI is InChI=1S/C18H19N3O4/c1-5-24-18(23)17-12(4)21(20-19-17)9-13-8-15(22)25-14-7-10(2)6-11(3)16(13)14/h6-8H,5,9H2,1-4H3. The summed E-state index contributed by atoms with van der Waals surface area (Å²) in [6.45, 7) is 7.98. The maximum atomic E-state index is 11.9. The number of ether oxygens (including phenoxy) is 1. The molecule has 2 heterocycles. The van der Waals surface area contributed by atoms with Crippen molar-refractivity contribution in [2.45, 2.75) is 34.2 Å². The SMILES string of the molecule is CCOC(=O)c1nnn(Cc2cc(=O)oc3cc(C)cc(C)c23)c1C. The number of benzene rings is 1. The van der Waals surface area contributed by atoms with Crippen molar-refractivity contribution in [2.75, 3.05) is 6.61 Å². The van der Waals surface area contributed by atoms with E-state index in [1.54, 1.807) is 18.5 Å². The molecule has 0 atom stereocenters. The van der Waals surface area contributed by atoms with E-state index in [1.165, 1.54) is 6.07 Å². The highest BCUT2D eigenvalue weighted by molar-refractivity contribution is 5.88. The van der Waals surface area contributed by atoms with Crippen LogP contribution in [0.15, 0.2) is 27.4 Å². The zero-order valence-corrected chi connectivity index (χ0v) is 14.6. The van der Waals surface area contributed by atoms with Crippen LogP contribution < -0.4 is 5.63 Å². The fourth-order valence-corrected chi connectivity index (χ4v) is 2.96. The summed E-state index contributed by atoms with van der Waals surface area (Å²) < 4.78 is 11.9. The number of hydrogen-bond donors (Lipinski definition) is 0. The minimum atomic E-state index is -0.504. The van der Waals surface area contributed by atoms with Gasteiger partial charge in [0, 0.05) is 11.5 Å². The van der Waals surface area contributed by atoms with E-state index in [0.29, 0.717) is 17.8 Å². The number of fused-ring (bicyclic) bond motifs is 1. The lowest BCUT2D eigenvalue weighted by Crippen LogP contribution is -2.11. The Morgan fingerprint density at radius 2 is 2.00 bits per heavy atom. The van der Waals surface area contributed by atoms with Gasteiger partial charge in [0.1, 0.15) is 5.58 Å². The van der Waals surface area contributed by atoms with Gasteiger partial charge in [0.15, 0.2) is 5.69 Å². The van der Waals surface area contributed by atoms with Crippen molar-refractivity contribution >= 4 is 16.9 Å². The molecule has 0 unspecified atom stereocenters. The molecule has 0 aliphatic rings. The molecular formula is C18H19N3O4. The van der Waals surface area contributed by atoms with E-state index < -0.39 is 11.6 Å². The van der Waals surface area contributed by atoms with Crippen molar-refractivity contribution in [1.82, 2.24) is 15.0 Å². The Bertz CT molecular complexity index is 1020. The average Bonchev–Trinajstić information content (AvgIpc) is 2.87. The zero-order valence-electron chi connectivity index (χ0n) is 14.6. The number of carbonyl (C=O) groups excluding carboxylic acids is 1. The van der Waals surface area contributed by atoms with Crippen LogP contribution in [-0.2, 0) is 11.3 Å². The van der Waals surface area contributed by atoms with Crippen LogP contribution in [-0.4, -0.2) is 27.6 Å². The van der Waals surface area contributed by atoms with Gasteiger partial charge in [-0.1, -0.05) is 11.3 Å². The highest BCUT2D eigenvalue weighted by Gasteiger charge is 2.19. The van der Waals surface area contributed by atoms with Crippen LogP contribution in [0.4, 0.5) is 0 Å². The second-order valence-corrected chi connectivity index (χ2v) is 5.95. The molecule has 0 radical (unpaired) electrons. The first-order valence-electron chi connectivity index (χ1n) is 8.02. The van der Waals surface area contributed by atoms with Gasteiger partial charge in [-0.2, -0.15) is 0 Å². The predicted molar refractivity (Wildman–Crippen MR) is 91.8 cm³/mol. The summed E-state index contributed by atoms with van der Waals surface area (Å²) in [6.07, 6.45) is 0. The summed E-state index contributed by atoms with van der Waals surface area (Å²) in [5.74, 6) is -0.504. The maximum absolute atomic E-state index is 11.9. The molecule has 130 valence electrons. The average molecular weight is 341 g/mol. The molecular weight excluding hydrogens is 322 g/mol. The van der Waals surface area contributed by atoms with Crippen LogP contribution >= 0.6 is 0 Å². The van der Waals surface area contributed by atoms with Crippen molar-refractivity contribution in [3.63, 3.8) is 0 Å². The fourth-order valence-electron chi connectivity index (χ4n) is 2.96. The first kappa shape index (κ1) is 16.9. The summed E-state index contributed by atoms with van der Waals surface area (Å²) >= 11 is 0. The van der Waals surface area contributed by atoms with Crippen molar-refractivity contribution < 1.29 is 13.9 Å². The highest BCUT2D eigenvalue weighted by Crippen LogP contribution is 2.24. The second kappa shape index (κ2) is 6.51. The van der Waals surface area contributed by atoms with Crippen LogP contribution in [0, 0.1) is 20.8 Å². The van der Waals surface area contributed by atoms with Crippen molar-refractivity contribution in [3.8, 4) is 0 Å². The molecule has 0 N–H and O–H groups in total. The van der Waals surface area contributed by atoms with Crippen LogP contribution in [0.5, 0.6) is 0 Å². The number of nitrogens with zero attached hydrogens (tertiary/aromatic N) is 3. The smallest absolute Gasteiger partial charge is 0.360 e. The van der Waals surface area contributed by atoms with E-state index in [2.05, 4.69) is 10.3 Å². The molecule has 0 saturated carbocycles. The molecule has 0 spiro atoms. The lowest BCUT2D eigenvalue weighted by atomic mass is 10.0. The van der Waals surface area contributed by atoms with E-state index in [-0.39, 0.29) is 12.3 Å². The molecule has 7 nitrogen and oxygen atoms in total. The lowest BCUT2D eigenvalue weighted by molar-refractivity contribution is 0.0518. The molecule has 2 aromatic heterocycles. The molecule has 0 aliphatic heterocycles. The largest absolute Gasteiger partial charge is 0.461 e. The summed E-state index contributed by atoms with van der Waals surface area (Å²) in [5, 5.41) is 8.81. The lowest BCUT2D eigenvalue weighted by Gasteiger charge is -2.10.